The van der Waals surface area contributed by atoms with Crippen LogP contribution in [-0.4, -0.2) is 27.8 Å². The molecule has 0 spiro atoms. The summed E-state index contributed by atoms with van der Waals surface area (Å²) in [5.41, 5.74) is 1.57. The van der Waals surface area contributed by atoms with Gasteiger partial charge in [0.2, 0.25) is 0 Å². The minimum atomic E-state index is -0.956. The van der Waals surface area contributed by atoms with Crippen molar-refractivity contribution in [3.05, 3.63) is 89.5 Å². The molecule has 0 aliphatic carbocycles. The lowest BCUT2D eigenvalue weighted by Gasteiger charge is -2.28. The molecule has 122 valence electrons. The molecule has 6 heteroatoms. The highest BCUT2D eigenvalue weighted by Gasteiger charge is 2.26. The fourth-order valence-electron chi connectivity index (χ4n) is 2.63. The molecule has 3 rings (SSSR count). The number of hydrogen-bond acceptors (Lipinski definition) is 2. The standard InChI is InChI=1S/C18H15F2N3O/c1-23(18(24)16-5-3-9-22-16)17(13-4-2-8-21-11-13)12-6-7-14(19)15(20)10-12/h2-11,17,22H,1H3/t17-/m1/s1. The number of rotatable bonds is 4. The van der Waals surface area contributed by atoms with Crippen molar-refractivity contribution in [3.8, 4) is 0 Å². The molecular weight excluding hydrogens is 312 g/mol. The third kappa shape index (κ3) is 3.03. The summed E-state index contributed by atoms with van der Waals surface area (Å²) in [5.74, 6) is -2.15. The van der Waals surface area contributed by atoms with Crippen molar-refractivity contribution in [2.45, 2.75) is 6.04 Å². The zero-order valence-corrected chi connectivity index (χ0v) is 12.9. The lowest BCUT2D eigenvalue weighted by Crippen LogP contribution is -2.32. The Morgan fingerprint density at radius 2 is 1.96 bits per heavy atom. The second-order valence-electron chi connectivity index (χ2n) is 5.36. The third-order valence-electron chi connectivity index (χ3n) is 3.80. The molecular formula is C18H15F2N3O. The first-order valence-corrected chi connectivity index (χ1v) is 7.33. The number of halogens is 2. The average molecular weight is 327 g/mol. The second-order valence-corrected chi connectivity index (χ2v) is 5.36. The van der Waals surface area contributed by atoms with Gasteiger partial charge in [0.15, 0.2) is 11.6 Å². The van der Waals surface area contributed by atoms with E-state index < -0.39 is 17.7 Å². The lowest BCUT2D eigenvalue weighted by molar-refractivity contribution is 0.0749. The Balaban J connectivity index is 2.05. The van der Waals surface area contributed by atoms with E-state index in [1.165, 1.54) is 11.0 Å². The van der Waals surface area contributed by atoms with Crippen LogP contribution >= 0.6 is 0 Å². The Hall–Kier alpha value is -3.02. The van der Waals surface area contributed by atoms with Crippen LogP contribution in [0.3, 0.4) is 0 Å². The van der Waals surface area contributed by atoms with Crippen LogP contribution in [0.1, 0.15) is 27.7 Å². The van der Waals surface area contributed by atoms with E-state index in [4.69, 9.17) is 0 Å². The number of amides is 1. The fraction of sp³-hybridized carbons (Fsp3) is 0.111. The van der Waals surface area contributed by atoms with Gasteiger partial charge in [0.1, 0.15) is 5.69 Å². The van der Waals surface area contributed by atoms with Crippen LogP contribution in [0.5, 0.6) is 0 Å². The Morgan fingerprint density at radius 1 is 1.12 bits per heavy atom. The molecule has 0 saturated carbocycles. The van der Waals surface area contributed by atoms with Gasteiger partial charge < -0.3 is 9.88 Å². The summed E-state index contributed by atoms with van der Waals surface area (Å²) in [6, 6.07) is 9.93. The van der Waals surface area contributed by atoms with Gasteiger partial charge in [-0.05, 0) is 41.5 Å². The van der Waals surface area contributed by atoms with Gasteiger partial charge >= 0.3 is 0 Å². The monoisotopic (exact) mass is 327 g/mol. The predicted molar refractivity (Wildman–Crippen MR) is 85.3 cm³/mol. The third-order valence-corrected chi connectivity index (χ3v) is 3.80. The van der Waals surface area contributed by atoms with Crippen LogP contribution in [0.2, 0.25) is 0 Å². The molecule has 0 bridgehead atoms. The number of nitrogens with one attached hydrogen (secondary N) is 1. The first-order chi connectivity index (χ1) is 11.6. The smallest absolute Gasteiger partial charge is 0.270 e. The van der Waals surface area contributed by atoms with Crippen LogP contribution in [-0.2, 0) is 0 Å². The van der Waals surface area contributed by atoms with Crippen molar-refractivity contribution in [2.75, 3.05) is 7.05 Å². The zero-order valence-electron chi connectivity index (χ0n) is 12.9. The lowest BCUT2D eigenvalue weighted by atomic mass is 9.98. The molecule has 1 aromatic carbocycles. The molecule has 2 heterocycles. The van der Waals surface area contributed by atoms with Gasteiger partial charge in [-0.25, -0.2) is 8.78 Å². The highest BCUT2D eigenvalue weighted by molar-refractivity contribution is 5.92. The van der Waals surface area contributed by atoms with E-state index >= 15 is 0 Å². The van der Waals surface area contributed by atoms with Gasteiger partial charge in [0.05, 0.1) is 6.04 Å². The Bertz CT molecular complexity index is 835. The van der Waals surface area contributed by atoms with Crippen molar-refractivity contribution < 1.29 is 13.6 Å². The molecule has 24 heavy (non-hydrogen) atoms. The Labute approximate surface area is 137 Å². The van der Waals surface area contributed by atoms with Crippen molar-refractivity contribution in [2.24, 2.45) is 0 Å². The summed E-state index contributed by atoms with van der Waals surface area (Å²) in [6.45, 7) is 0. The van der Waals surface area contributed by atoms with Crippen molar-refractivity contribution in [1.29, 1.82) is 0 Å². The number of pyridine rings is 1. The first kappa shape index (κ1) is 15.9. The van der Waals surface area contributed by atoms with Gasteiger partial charge in [0, 0.05) is 25.6 Å². The van der Waals surface area contributed by atoms with Gasteiger partial charge in [-0.3, -0.25) is 9.78 Å². The van der Waals surface area contributed by atoms with Crippen molar-refractivity contribution >= 4 is 5.91 Å². The fourth-order valence-corrected chi connectivity index (χ4v) is 2.63. The molecule has 0 radical (unpaired) electrons. The van der Waals surface area contributed by atoms with Crippen LogP contribution in [0.15, 0.2) is 61.1 Å². The number of benzene rings is 1. The van der Waals surface area contributed by atoms with Crippen LogP contribution in [0.4, 0.5) is 8.78 Å². The molecule has 0 aliphatic heterocycles. The number of carbonyl (C=O) groups excluding carboxylic acids is 1. The summed E-state index contributed by atoms with van der Waals surface area (Å²) in [5, 5.41) is 0. The van der Waals surface area contributed by atoms with E-state index in [9.17, 15) is 13.6 Å². The molecule has 1 N–H and O–H groups in total. The van der Waals surface area contributed by atoms with E-state index in [0.717, 1.165) is 12.1 Å². The number of hydrogen-bond donors (Lipinski definition) is 1. The maximum atomic E-state index is 13.7. The molecule has 1 amide bonds. The van der Waals surface area contributed by atoms with Crippen molar-refractivity contribution in [1.82, 2.24) is 14.9 Å². The minimum Gasteiger partial charge on any atom is -0.357 e. The number of nitrogens with zero attached hydrogens (tertiary/aromatic N) is 2. The van der Waals surface area contributed by atoms with Crippen LogP contribution < -0.4 is 0 Å². The Morgan fingerprint density at radius 3 is 2.58 bits per heavy atom. The zero-order chi connectivity index (χ0) is 17.1. The van der Waals surface area contributed by atoms with E-state index in [1.54, 1.807) is 49.9 Å². The predicted octanol–water partition coefficient (Wildman–Crippen LogP) is 3.55. The molecule has 0 fully saturated rings. The topological polar surface area (TPSA) is 49.0 Å². The van der Waals surface area contributed by atoms with E-state index in [2.05, 4.69) is 9.97 Å². The van der Waals surface area contributed by atoms with Gasteiger partial charge in [-0.1, -0.05) is 12.1 Å². The summed E-state index contributed by atoms with van der Waals surface area (Å²) in [4.78, 5) is 21.0. The maximum absolute atomic E-state index is 13.7. The largest absolute Gasteiger partial charge is 0.357 e. The maximum Gasteiger partial charge on any atom is 0.270 e. The highest BCUT2D eigenvalue weighted by Crippen LogP contribution is 2.29. The molecule has 0 saturated heterocycles. The summed E-state index contributed by atoms with van der Waals surface area (Å²) < 4.78 is 27.0. The Kier molecular flexibility index (Phi) is 4.37. The van der Waals surface area contributed by atoms with E-state index in [1.807, 2.05) is 0 Å². The SMILES string of the molecule is CN(C(=O)c1ccc[nH]1)[C@@H](c1cccnc1)c1ccc(F)c(F)c1. The number of aromatic nitrogens is 2. The quantitative estimate of drug-likeness (QED) is 0.797. The summed E-state index contributed by atoms with van der Waals surface area (Å²) >= 11 is 0. The average Bonchev–Trinajstić information content (AvgIpc) is 3.13. The molecule has 0 unspecified atom stereocenters. The van der Waals surface area contributed by atoms with Crippen molar-refractivity contribution in [3.63, 3.8) is 0 Å². The van der Waals surface area contributed by atoms with Crippen LogP contribution in [0.25, 0.3) is 0 Å². The van der Waals surface area contributed by atoms with E-state index in [0.29, 0.717) is 16.8 Å². The molecule has 4 nitrogen and oxygen atoms in total. The molecule has 1 atom stereocenters. The number of carbonyl (C=O) groups is 1. The molecule has 0 aliphatic rings. The number of H-pyrrole nitrogens is 1. The first-order valence-electron chi connectivity index (χ1n) is 7.33. The molecule has 2 aromatic heterocycles. The second kappa shape index (κ2) is 6.62. The van der Waals surface area contributed by atoms with Crippen LogP contribution in [0, 0.1) is 11.6 Å². The molecule has 3 aromatic rings. The number of aromatic amines is 1. The van der Waals surface area contributed by atoms with Gasteiger partial charge in [0.25, 0.3) is 5.91 Å². The summed E-state index contributed by atoms with van der Waals surface area (Å²) in [7, 11) is 1.61. The minimum absolute atomic E-state index is 0.265. The van der Waals surface area contributed by atoms with Gasteiger partial charge in [-0.2, -0.15) is 0 Å². The van der Waals surface area contributed by atoms with E-state index in [-0.39, 0.29) is 5.91 Å². The highest BCUT2D eigenvalue weighted by atomic mass is 19.2. The summed E-state index contributed by atoms with van der Waals surface area (Å²) in [6.07, 6.45) is 4.86. The normalized spacial score (nSPS) is 12.0. The van der Waals surface area contributed by atoms with Gasteiger partial charge in [-0.15, -0.1) is 0 Å².